The van der Waals surface area contributed by atoms with E-state index in [1.165, 1.54) is 11.8 Å². The number of nitrogens with two attached hydrogens (primary N) is 1. The highest BCUT2D eigenvalue weighted by Gasteiger charge is 2.07. The lowest BCUT2D eigenvalue weighted by Crippen LogP contribution is -1.97. The van der Waals surface area contributed by atoms with Crippen LogP contribution in [0.5, 0.6) is 0 Å². The molecule has 0 aliphatic heterocycles. The van der Waals surface area contributed by atoms with Crippen LogP contribution in [0.1, 0.15) is 0 Å². The molecule has 2 N–H and O–H groups in total. The Balaban J connectivity index is 2.08. The third kappa shape index (κ3) is 1.94. The van der Waals surface area contributed by atoms with E-state index >= 15 is 0 Å². The topological polar surface area (TPSA) is 69.1 Å². The first-order chi connectivity index (χ1) is 8.33. The van der Waals surface area contributed by atoms with E-state index in [9.17, 15) is 0 Å². The van der Waals surface area contributed by atoms with Gasteiger partial charge in [0.15, 0.2) is 5.65 Å². The highest BCUT2D eigenvalue weighted by molar-refractivity contribution is 7.99. The molecule has 0 aliphatic rings. The van der Waals surface area contributed by atoms with Crippen molar-refractivity contribution in [2.45, 2.75) is 9.92 Å². The second-order valence-corrected chi connectivity index (χ2v) is 4.48. The molecule has 0 aromatic carbocycles. The van der Waals surface area contributed by atoms with Gasteiger partial charge in [-0.25, -0.2) is 9.97 Å². The van der Waals surface area contributed by atoms with Crippen molar-refractivity contribution < 1.29 is 0 Å². The SMILES string of the molecule is Nc1cn2ccnc2c(Sc2ccncc2)n1. The van der Waals surface area contributed by atoms with E-state index in [1.54, 1.807) is 24.8 Å². The van der Waals surface area contributed by atoms with Crippen molar-refractivity contribution in [3.8, 4) is 0 Å². The summed E-state index contributed by atoms with van der Waals surface area (Å²) in [6, 6.07) is 3.85. The van der Waals surface area contributed by atoms with Crippen LogP contribution in [0.2, 0.25) is 0 Å². The lowest BCUT2D eigenvalue weighted by atomic mass is 10.5. The molecular formula is C11H9N5S. The van der Waals surface area contributed by atoms with E-state index in [0.29, 0.717) is 5.82 Å². The van der Waals surface area contributed by atoms with Gasteiger partial charge in [-0.3, -0.25) is 4.98 Å². The zero-order valence-corrected chi connectivity index (χ0v) is 9.63. The zero-order chi connectivity index (χ0) is 11.7. The lowest BCUT2D eigenvalue weighted by molar-refractivity contribution is 1.04. The minimum atomic E-state index is 0.479. The number of nitrogens with zero attached hydrogens (tertiary/aromatic N) is 4. The Labute approximate surface area is 102 Å². The fraction of sp³-hybridized carbons (Fsp3) is 0. The van der Waals surface area contributed by atoms with Crippen LogP contribution in [-0.2, 0) is 0 Å². The predicted octanol–water partition coefficient (Wildman–Crippen LogP) is 1.86. The van der Waals surface area contributed by atoms with E-state index in [4.69, 9.17) is 5.73 Å². The second kappa shape index (κ2) is 4.06. The number of nitrogen functional groups attached to an aromatic ring is 1. The summed E-state index contributed by atoms with van der Waals surface area (Å²) >= 11 is 1.52. The molecule has 0 fully saturated rings. The normalized spacial score (nSPS) is 10.8. The summed E-state index contributed by atoms with van der Waals surface area (Å²) in [5.74, 6) is 0.479. The van der Waals surface area contributed by atoms with Crippen molar-refractivity contribution in [2.75, 3.05) is 5.73 Å². The van der Waals surface area contributed by atoms with Crippen LogP contribution in [0.3, 0.4) is 0 Å². The molecule has 17 heavy (non-hydrogen) atoms. The molecule has 5 nitrogen and oxygen atoms in total. The van der Waals surface area contributed by atoms with Gasteiger partial charge in [0.25, 0.3) is 0 Å². The van der Waals surface area contributed by atoms with Crippen LogP contribution < -0.4 is 5.73 Å². The molecule has 0 saturated carbocycles. The Morgan fingerprint density at radius 2 is 2.00 bits per heavy atom. The van der Waals surface area contributed by atoms with Crippen LogP contribution in [-0.4, -0.2) is 19.4 Å². The Kier molecular flexibility index (Phi) is 2.41. The summed E-state index contributed by atoms with van der Waals surface area (Å²) in [5, 5.41) is 0.793. The van der Waals surface area contributed by atoms with Gasteiger partial charge in [-0.05, 0) is 12.1 Å². The van der Waals surface area contributed by atoms with Gasteiger partial charge in [-0.15, -0.1) is 0 Å². The van der Waals surface area contributed by atoms with Gasteiger partial charge >= 0.3 is 0 Å². The monoisotopic (exact) mass is 243 g/mol. The van der Waals surface area contributed by atoms with Crippen molar-refractivity contribution in [2.24, 2.45) is 0 Å². The fourth-order valence-corrected chi connectivity index (χ4v) is 2.39. The Bertz CT molecular complexity index is 649. The quantitative estimate of drug-likeness (QED) is 0.744. The maximum Gasteiger partial charge on any atom is 0.170 e. The molecule has 3 rings (SSSR count). The summed E-state index contributed by atoms with van der Waals surface area (Å²) < 4.78 is 1.87. The van der Waals surface area contributed by atoms with Crippen LogP contribution in [0.25, 0.3) is 5.65 Å². The first kappa shape index (κ1) is 10.1. The van der Waals surface area contributed by atoms with Gasteiger partial charge in [0.2, 0.25) is 0 Å². The number of hydrogen-bond donors (Lipinski definition) is 1. The molecule has 0 saturated heterocycles. The Hall–Kier alpha value is -2.08. The van der Waals surface area contributed by atoms with E-state index < -0.39 is 0 Å². The summed E-state index contributed by atoms with van der Waals surface area (Å²) in [6.07, 6.45) is 8.82. The summed E-state index contributed by atoms with van der Waals surface area (Å²) in [6.45, 7) is 0. The fourth-order valence-electron chi connectivity index (χ4n) is 1.51. The summed E-state index contributed by atoms with van der Waals surface area (Å²) in [5.41, 5.74) is 6.56. The van der Waals surface area contributed by atoms with Crippen LogP contribution in [0.15, 0.2) is 53.0 Å². The number of aromatic nitrogens is 4. The van der Waals surface area contributed by atoms with Gasteiger partial charge in [-0.2, -0.15) is 0 Å². The maximum atomic E-state index is 5.75. The second-order valence-electron chi connectivity index (χ2n) is 3.41. The van der Waals surface area contributed by atoms with Crippen molar-refractivity contribution in [3.05, 3.63) is 43.1 Å². The molecule has 0 bridgehead atoms. The van der Waals surface area contributed by atoms with Gasteiger partial charge in [0.1, 0.15) is 10.8 Å². The number of imidazole rings is 1. The van der Waals surface area contributed by atoms with E-state index in [1.807, 2.05) is 22.7 Å². The Morgan fingerprint density at radius 3 is 2.82 bits per heavy atom. The minimum absolute atomic E-state index is 0.479. The van der Waals surface area contributed by atoms with Crippen molar-refractivity contribution in [1.29, 1.82) is 0 Å². The van der Waals surface area contributed by atoms with Crippen LogP contribution in [0, 0.1) is 0 Å². The average Bonchev–Trinajstić information content (AvgIpc) is 2.78. The van der Waals surface area contributed by atoms with Crippen molar-refractivity contribution in [1.82, 2.24) is 19.4 Å². The standard InChI is InChI=1S/C11H9N5S/c12-9-7-16-6-5-14-10(16)11(15-9)17-8-1-3-13-4-2-8/h1-7H,12H2. The minimum Gasteiger partial charge on any atom is -0.382 e. The third-order valence-electron chi connectivity index (χ3n) is 2.23. The van der Waals surface area contributed by atoms with E-state index in [2.05, 4.69) is 15.0 Å². The first-order valence-electron chi connectivity index (χ1n) is 5.00. The highest BCUT2D eigenvalue weighted by atomic mass is 32.2. The number of fused-ring (bicyclic) bond motifs is 1. The molecule has 0 unspecified atom stereocenters. The largest absolute Gasteiger partial charge is 0.382 e. The number of hydrogen-bond acceptors (Lipinski definition) is 5. The molecule has 3 heterocycles. The molecule has 0 amide bonds. The molecular weight excluding hydrogens is 234 g/mol. The molecule has 0 spiro atoms. The molecule has 3 aromatic rings. The third-order valence-corrected chi connectivity index (χ3v) is 3.20. The van der Waals surface area contributed by atoms with E-state index in [-0.39, 0.29) is 0 Å². The molecule has 3 aromatic heterocycles. The molecule has 6 heteroatoms. The molecule has 84 valence electrons. The predicted molar refractivity (Wildman–Crippen MR) is 65.8 cm³/mol. The lowest BCUT2D eigenvalue weighted by Gasteiger charge is -2.03. The van der Waals surface area contributed by atoms with Gasteiger partial charge < -0.3 is 10.1 Å². The smallest absolute Gasteiger partial charge is 0.170 e. The Morgan fingerprint density at radius 1 is 1.18 bits per heavy atom. The highest BCUT2D eigenvalue weighted by Crippen LogP contribution is 2.28. The van der Waals surface area contributed by atoms with Gasteiger partial charge in [-0.1, -0.05) is 11.8 Å². The number of rotatable bonds is 2. The molecule has 0 aliphatic carbocycles. The summed E-state index contributed by atoms with van der Waals surface area (Å²) in [7, 11) is 0. The average molecular weight is 243 g/mol. The molecule has 0 radical (unpaired) electrons. The van der Waals surface area contributed by atoms with Gasteiger partial charge in [0.05, 0.1) is 6.20 Å². The number of pyridine rings is 1. The number of anilines is 1. The maximum absolute atomic E-state index is 5.75. The molecule has 0 atom stereocenters. The van der Waals surface area contributed by atoms with E-state index in [0.717, 1.165) is 15.6 Å². The first-order valence-corrected chi connectivity index (χ1v) is 5.81. The van der Waals surface area contributed by atoms with Crippen LogP contribution >= 0.6 is 11.8 Å². The zero-order valence-electron chi connectivity index (χ0n) is 8.82. The van der Waals surface area contributed by atoms with Crippen molar-refractivity contribution >= 4 is 23.2 Å². The van der Waals surface area contributed by atoms with Gasteiger partial charge in [0, 0.05) is 29.7 Å². The van der Waals surface area contributed by atoms with Crippen LogP contribution in [0.4, 0.5) is 5.82 Å². The summed E-state index contributed by atoms with van der Waals surface area (Å²) in [4.78, 5) is 13.6. The van der Waals surface area contributed by atoms with Crippen molar-refractivity contribution in [3.63, 3.8) is 0 Å².